The van der Waals surface area contributed by atoms with Gasteiger partial charge in [-0.25, -0.2) is 4.79 Å². The molecule has 0 spiro atoms. The van der Waals surface area contributed by atoms with Crippen LogP contribution in [0.1, 0.15) is 18.1 Å². The largest absolute Gasteiger partial charge is 0.417 e. The molecule has 0 saturated carbocycles. The first-order valence-electron chi connectivity index (χ1n) is 6.92. The number of rotatable bonds is 4. The van der Waals surface area contributed by atoms with Gasteiger partial charge in [0.05, 0.1) is 4.92 Å². The fourth-order valence-electron chi connectivity index (χ4n) is 1.81. The van der Waals surface area contributed by atoms with Crippen LogP contribution in [0.3, 0.4) is 0 Å². The Labute approximate surface area is 133 Å². The van der Waals surface area contributed by atoms with Crippen molar-refractivity contribution in [1.29, 1.82) is 0 Å². The number of ether oxygens (including phenoxy) is 1. The van der Waals surface area contributed by atoms with Gasteiger partial charge in [-0.3, -0.25) is 15.4 Å². The molecule has 2 aromatic rings. The topological polar surface area (TPSA) is 81.5 Å². The molecule has 2 aromatic carbocycles. The van der Waals surface area contributed by atoms with Crippen molar-refractivity contribution in [2.24, 2.45) is 0 Å². The molecule has 0 saturated heterocycles. The lowest BCUT2D eigenvalue weighted by Crippen LogP contribution is -2.16. The van der Waals surface area contributed by atoms with Gasteiger partial charge in [0, 0.05) is 18.7 Å². The molecule has 0 atom stereocenters. The Bertz CT molecular complexity index is 734. The number of hydrogen-bond acceptors (Lipinski definition) is 4. The van der Waals surface area contributed by atoms with Gasteiger partial charge in [0.1, 0.15) is 5.75 Å². The first-order chi connectivity index (χ1) is 10.9. The average molecular weight is 312 g/mol. The molecule has 2 rings (SSSR count). The summed E-state index contributed by atoms with van der Waals surface area (Å²) in [7, 11) is 0. The Morgan fingerprint density at radius 3 is 2.30 bits per heavy atom. The number of nitrogens with zero attached hydrogens (tertiary/aromatic N) is 1. The van der Waals surface area contributed by atoms with Gasteiger partial charge in [-0.05, 0) is 36.8 Å². The minimum absolute atomic E-state index is 0.0378. The normalized spacial score (nSPS) is 11.0. The first kappa shape index (κ1) is 16.2. The van der Waals surface area contributed by atoms with Crippen LogP contribution < -0.4 is 10.1 Å². The molecule has 0 aliphatic heterocycles. The van der Waals surface area contributed by atoms with E-state index in [-0.39, 0.29) is 5.70 Å². The molecule has 0 radical (unpaired) electrons. The van der Waals surface area contributed by atoms with Crippen LogP contribution >= 0.6 is 0 Å². The van der Waals surface area contributed by atoms with Gasteiger partial charge in [-0.1, -0.05) is 29.8 Å². The molecule has 23 heavy (non-hydrogen) atoms. The Hall–Kier alpha value is -3.15. The lowest BCUT2D eigenvalue weighted by atomic mass is 10.2. The number of amides is 1. The molecule has 0 unspecified atom stereocenters. The van der Waals surface area contributed by atoms with E-state index in [1.165, 1.54) is 13.0 Å². The Kier molecular flexibility index (Phi) is 5.09. The van der Waals surface area contributed by atoms with Crippen LogP contribution in [0.5, 0.6) is 5.75 Å². The fourth-order valence-corrected chi connectivity index (χ4v) is 1.81. The molecule has 0 aliphatic rings. The van der Waals surface area contributed by atoms with Crippen LogP contribution in [-0.2, 0) is 0 Å². The summed E-state index contributed by atoms with van der Waals surface area (Å²) in [6.07, 6.45) is 0.842. The quantitative estimate of drug-likeness (QED) is 0.676. The highest BCUT2D eigenvalue weighted by atomic mass is 16.6. The minimum atomic E-state index is -0.599. The van der Waals surface area contributed by atoms with Crippen molar-refractivity contribution in [3.8, 4) is 5.75 Å². The van der Waals surface area contributed by atoms with Crippen molar-refractivity contribution in [2.45, 2.75) is 13.8 Å². The van der Waals surface area contributed by atoms with Gasteiger partial charge in [0.2, 0.25) is 5.70 Å². The lowest BCUT2D eigenvalue weighted by Gasteiger charge is -2.07. The van der Waals surface area contributed by atoms with Crippen molar-refractivity contribution in [3.05, 3.63) is 75.5 Å². The van der Waals surface area contributed by atoms with E-state index >= 15 is 0 Å². The van der Waals surface area contributed by atoms with Crippen molar-refractivity contribution in [1.82, 2.24) is 0 Å². The average Bonchev–Trinajstić information content (AvgIpc) is 2.51. The van der Waals surface area contributed by atoms with Gasteiger partial charge >= 0.3 is 6.09 Å². The molecule has 6 heteroatoms. The zero-order chi connectivity index (χ0) is 16.8. The van der Waals surface area contributed by atoms with E-state index in [2.05, 4.69) is 5.32 Å². The third-order valence-electron chi connectivity index (χ3n) is 3.05. The van der Waals surface area contributed by atoms with Crippen LogP contribution in [0, 0.1) is 17.0 Å². The van der Waals surface area contributed by atoms with Gasteiger partial charge in [0.15, 0.2) is 0 Å². The van der Waals surface area contributed by atoms with E-state index in [1.54, 1.807) is 36.4 Å². The monoisotopic (exact) mass is 312 g/mol. The molecule has 1 amide bonds. The number of allylic oxidation sites excluding steroid dienone is 1. The number of nitro groups is 1. The van der Waals surface area contributed by atoms with E-state index < -0.39 is 11.0 Å². The second-order valence-electron chi connectivity index (χ2n) is 4.99. The molecule has 0 aliphatic carbocycles. The van der Waals surface area contributed by atoms with Crippen molar-refractivity contribution in [2.75, 3.05) is 5.32 Å². The minimum Gasteiger partial charge on any atom is -0.410 e. The van der Waals surface area contributed by atoms with Crippen molar-refractivity contribution < 1.29 is 14.5 Å². The molecule has 118 valence electrons. The van der Waals surface area contributed by atoms with Crippen LogP contribution in [0.2, 0.25) is 0 Å². The van der Waals surface area contributed by atoms with Crippen LogP contribution in [0.15, 0.2) is 54.2 Å². The summed E-state index contributed by atoms with van der Waals surface area (Å²) in [4.78, 5) is 21.9. The van der Waals surface area contributed by atoms with Crippen LogP contribution in [0.4, 0.5) is 10.5 Å². The highest BCUT2D eigenvalue weighted by Gasteiger charge is 2.06. The third kappa shape index (κ3) is 4.96. The van der Waals surface area contributed by atoms with Crippen molar-refractivity contribution >= 4 is 17.9 Å². The molecular formula is C17H16N2O4. The Morgan fingerprint density at radius 1 is 1.13 bits per heavy atom. The second-order valence-corrected chi connectivity index (χ2v) is 4.99. The van der Waals surface area contributed by atoms with Gasteiger partial charge < -0.3 is 4.74 Å². The van der Waals surface area contributed by atoms with E-state index in [0.29, 0.717) is 17.0 Å². The molecule has 0 aromatic heterocycles. The number of benzene rings is 2. The molecule has 0 bridgehead atoms. The van der Waals surface area contributed by atoms with Gasteiger partial charge in [0.25, 0.3) is 0 Å². The summed E-state index contributed by atoms with van der Waals surface area (Å²) < 4.78 is 5.15. The number of carbonyl (C=O) groups is 1. The Balaban J connectivity index is 1.97. The maximum atomic E-state index is 11.8. The summed E-state index contributed by atoms with van der Waals surface area (Å²) in [6.45, 7) is 3.37. The van der Waals surface area contributed by atoms with Crippen LogP contribution in [-0.4, -0.2) is 11.0 Å². The predicted octanol–water partition coefficient (Wildman–Crippen LogP) is 4.24. The highest BCUT2D eigenvalue weighted by Crippen LogP contribution is 2.16. The lowest BCUT2D eigenvalue weighted by molar-refractivity contribution is -0.422. The third-order valence-corrected chi connectivity index (χ3v) is 3.05. The first-order valence-corrected chi connectivity index (χ1v) is 6.92. The molecule has 0 fully saturated rings. The number of carbonyl (C=O) groups excluding carboxylic acids is 1. The fraction of sp³-hybridized carbons (Fsp3) is 0.118. The van der Waals surface area contributed by atoms with E-state index in [1.807, 2.05) is 19.1 Å². The number of anilines is 1. The van der Waals surface area contributed by atoms with Crippen LogP contribution in [0.25, 0.3) is 6.08 Å². The standard InChI is InChI=1S/C17H16N2O4/c1-12-3-7-15(8-4-12)18-17(20)23-16-9-5-14(6-10-16)11-13(2)19(21)22/h3-11H,1-2H3,(H,18,20). The molecular weight excluding hydrogens is 296 g/mol. The maximum absolute atomic E-state index is 11.8. The van der Waals surface area contributed by atoms with E-state index in [9.17, 15) is 14.9 Å². The smallest absolute Gasteiger partial charge is 0.410 e. The summed E-state index contributed by atoms with van der Waals surface area (Å²) in [5.41, 5.74) is 2.43. The van der Waals surface area contributed by atoms with Gasteiger partial charge in [-0.15, -0.1) is 0 Å². The summed E-state index contributed by atoms with van der Waals surface area (Å²) in [5, 5.41) is 13.2. The zero-order valence-electron chi connectivity index (χ0n) is 12.8. The summed E-state index contributed by atoms with van der Waals surface area (Å²) in [6, 6.07) is 13.8. The number of hydrogen-bond donors (Lipinski definition) is 1. The summed E-state index contributed by atoms with van der Waals surface area (Å²) in [5.74, 6) is 0.352. The van der Waals surface area contributed by atoms with Crippen molar-refractivity contribution in [3.63, 3.8) is 0 Å². The molecule has 1 N–H and O–H groups in total. The van der Waals surface area contributed by atoms with E-state index in [0.717, 1.165) is 5.56 Å². The SMILES string of the molecule is CC(=Cc1ccc(OC(=O)Nc2ccc(C)cc2)cc1)[N+](=O)[O-]. The van der Waals surface area contributed by atoms with E-state index in [4.69, 9.17) is 4.74 Å². The van der Waals surface area contributed by atoms with Gasteiger partial charge in [-0.2, -0.15) is 0 Å². The second kappa shape index (κ2) is 7.22. The Morgan fingerprint density at radius 2 is 1.74 bits per heavy atom. The number of aryl methyl sites for hydroxylation is 1. The summed E-state index contributed by atoms with van der Waals surface area (Å²) >= 11 is 0. The predicted molar refractivity (Wildman–Crippen MR) is 87.9 cm³/mol. The number of nitrogens with one attached hydrogen (secondary N) is 1. The maximum Gasteiger partial charge on any atom is 0.417 e. The molecule has 0 heterocycles. The highest BCUT2D eigenvalue weighted by molar-refractivity contribution is 5.86. The zero-order valence-corrected chi connectivity index (χ0v) is 12.8. The molecule has 6 nitrogen and oxygen atoms in total.